The molecule has 0 fully saturated rings. The van der Waals surface area contributed by atoms with E-state index in [0.717, 1.165) is 28.0 Å². The normalized spacial score (nSPS) is 11.5. The Balaban J connectivity index is 1.74. The Morgan fingerprint density at radius 2 is 2.00 bits per heavy atom. The first-order valence-corrected chi connectivity index (χ1v) is 8.25. The van der Waals surface area contributed by atoms with Crippen molar-refractivity contribution >= 4 is 23.0 Å². The van der Waals surface area contributed by atoms with Crippen LogP contribution >= 0.6 is 0 Å². The van der Waals surface area contributed by atoms with Gasteiger partial charge in [-0.2, -0.15) is 0 Å². The van der Waals surface area contributed by atoms with Crippen molar-refractivity contribution in [3.05, 3.63) is 71.1 Å². The zero-order valence-electron chi connectivity index (χ0n) is 14.3. The van der Waals surface area contributed by atoms with Gasteiger partial charge < -0.3 is 4.98 Å². The molecule has 5 nitrogen and oxygen atoms in total. The number of benzene rings is 2. The highest BCUT2D eigenvalue weighted by atomic mass is 16.5. The molecule has 5 heteroatoms. The van der Waals surface area contributed by atoms with Crippen LogP contribution in [0.15, 0.2) is 48.5 Å². The predicted molar refractivity (Wildman–Crippen MR) is 98.4 cm³/mol. The fourth-order valence-corrected chi connectivity index (χ4v) is 2.67. The molecular formula is C20H21N3O2. The summed E-state index contributed by atoms with van der Waals surface area (Å²) in [5.74, 6) is 0.871. The second kappa shape index (κ2) is 7.32. The quantitative estimate of drug-likeness (QED) is 0.377. The third-order valence-corrected chi connectivity index (χ3v) is 4.11. The van der Waals surface area contributed by atoms with Crippen LogP contribution in [0, 0.1) is 0 Å². The largest absolute Gasteiger partial charge is 0.342 e. The van der Waals surface area contributed by atoms with Gasteiger partial charge in [-0.15, -0.1) is 0 Å². The number of aromatic amines is 1. The average molecular weight is 335 g/mol. The topological polar surface area (TPSA) is 78.0 Å². The van der Waals surface area contributed by atoms with Gasteiger partial charge in [-0.1, -0.05) is 44.2 Å². The van der Waals surface area contributed by atoms with Gasteiger partial charge >= 0.3 is 0 Å². The Hall–Kier alpha value is -2.92. The van der Waals surface area contributed by atoms with Crippen molar-refractivity contribution in [1.82, 2.24) is 15.4 Å². The highest BCUT2D eigenvalue weighted by Gasteiger charge is 2.06. The molecule has 0 aliphatic carbocycles. The number of nitrogens with zero attached hydrogens (tertiary/aromatic N) is 1. The predicted octanol–water partition coefficient (Wildman–Crippen LogP) is 3.80. The van der Waals surface area contributed by atoms with Crippen LogP contribution in [0.3, 0.4) is 0 Å². The minimum Gasteiger partial charge on any atom is -0.342 e. The molecule has 0 bridgehead atoms. The minimum absolute atomic E-state index is 0.490. The Bertz CT molecular complexity index is 908. The molecule has 1 aromatic heterocycles. The lowest BCUT2D eigenvalue weighted by Crippen LogP contribution is -2.14. The number of hydrogen-bond acceptors (Lipinski definition) is 3. The number of hydroxylamine groups is 1. The molecule has 0 aliphatic heterocycles. The van der Waals surface area contributed by atoms with E-state index < -0.39 is 5.91 Å². The Kier molecular flexibility index (Phi) is 4.95. The van der Waals surface area contributed by atoms with Gasteiger partial charge in [0.1, 0.15) is 5.82 Å². The summed E-state index contributed by atoms with van der Waals surface area (Å²) in [4.78, 5) is 19.0. The summed E-state index contributed by atoms with van der Waals surface area (Å²) in [6, 6.07) is 14.2. The van der Waals surface area contributed by atoms with Crippen molar-refractivity contribution in [2.75, 3.05) is 0 Å². The van der Waals surface area contributed by atoms with Crippen LogP contribution in [0.25, 0.3) is 17.1 Å². The highest BCUT2D eigenvalue weighted by molar-refractivity contribution is 5.90. The van der Waals surface area contributed by atoms with E-state index in [2.05, 4.69) is 42.0 Å². The molecule has 128 valence electrons. The van der Waals surface area contributed by atoms with Gasteiger partial charge in [-0.25, -0.2) is 10.5 Å². The molecule has 1 amide bonds. The number of hydrogen-bond donors (Lipinski definition) is 3. The monoisotopic (exact) mass is 335 g/mol. The maximum atomic E-state index is 11.0. The molecular weight excluding hydrogens is 314 g/mol. The Morgan fingerprint density at radius 1 is 1.24 bits per heavy atom. The molecule has 1 heterocycles. The van der Waals surface area contributed by atoms with Gasteiger partial charge in [-0.05, 0) is 40.8 Å². The van der Waals surface area contributed by atoms with Crippen molar-refractivity contribution in [3.8, 4) is 0 Å². The second-order valence-corrected chi connectivity index (χ2v) is 6.34. The minimum atomic E-state index is -0.549. The third-order valence-electron chi connectivity index (χ3n) is 4.11. The summed E-state index contributed by atoms with van der Waals surface area (Å²) in [6.45, 7) is 4.36. The van der Waals surface area contributed by atoms with E-state index in [0.29, 0.717) is 12.3 Å². The van der Waals surface area contributed by atoms with Crippen LogP contribution in [-0.4, -0.2) is 21.1 Å². The number of fused-ring (bicyclic) bond motifs is 1. The zero-order chi connectivity index (χ0) is 17.8. The van der Waals surface area contributed by atoms with Gasteiger partial charge in [0.15, 0.2) is 0 Å². The van der Waals surface area contributed by atoms with Crippen molar-refractivity contribution in [2.24, 2.45) is 0 Å². The molecule has 0 spiro atoms. The fourth-order valence-electron chi connectivity index (χ4n) is 2.67. The van der Waals surface area contributed by atoms with E-state index >= 15 is 0 Å². The number of carbonyl (C=O) groups excluding carboxylic acids is 1. The van der Waals surface area contributed by atoms with E-state index in [1.54, 1.807) is 11.6 Å². The lowest BCUT2D eigenvalue weighted by molar-refractivity contribution is -0.124. The molecule has 0 unspecified atom stereocenters. The van der Waals surface area contributed by atoms with Crippen LogP contribution in [-0.2, 0) is 11.2 Å². The smallest absolute Gasteiger partial charge is 0.267 e. The molecule has 0 radical (unpaired) electrons. The molecule has 2 aromatic carbocycles. The maximum absolute atomic E-state index is 11.0. The molecule has 3 aromatic rings. The molecule has 0 aliphatic rings. The third kappa shape index (κ3) is 4.14. The maximum Gasteiger partial charge on any atom is 0.267 e. The van der Waals surface area contributed by atoms with Crippen LogP contribution < -0.4 is 5.48 Å². The van der Waals surface area contributed by atoms with Crippen LogP contribution in [0.4, 0.5) is 0 Å². The van der Waals surface area contributed by atoms with Crippen molar-refractivity contribution in [1.29, 1.82) is 0 Å². The number of carbonyl (C=O) groups is 1. The first-order chi connectivity index (χ1) is 12.0. The molecule has 3 N–H and O–H groups in total. The van der Waals surface area contributed by atoms with Gasteiger partial charge in [0.05, 0.1) is 11.0 Å². The highest BCUT2D eigenvalue weighted by Crippen LogP contribution is 2.21. The lowest BCUT2D eigenvalue weighted by atomic mass is 10.0. The summed E-state index contributed by atoms with van der Waals surface area (Å²) < 4.78 is 0. The number of amides is 1. The van der Waals surface area contributed by atoms with E-state index in [-0.39, 0.29) is 0 Å². The van der Waals surface area contributed by atoms with Gasteiger partial charge in [0.2, 0.25) is 0 Å². The molecule has 25 heavy (non-hydrogen) atoms. The Morgan fingerprint density at radius 3 is 2.68 bits per heavy atom. The molecule has 0 saturated carbocycles. The number of aromatic nitrogens is 2. The summed E-state index contributed by atoms with van der Waals surface area (Å²) in [6.07, 6.45) is 3.64. The molecule has 0 atom stereocenters. The first-order valence-electron chi connectivity index (χ1n) is 8.25. The lowest BCUT2D eigenvalue weighted by Gasteiger charge is -2.03. The van der Waals surface area contributed by atoms with Gasteiger partial charge in [0.25, 0.3) is 5.91 Å². The fraction of sp³-hybridized carbons (Fsp3) is 0.200. The van der Waals surface area contributed by atoms with E-state index in [1.807, 2.05) is 24.3 Å². The van der Waals surface area contributed by atoms with Crippen LogP contribution in [0.1, 0.15) is 42.3 Å². The van der Waals surface area contributed by atoms with Crippen molar-refractivity contribution in [3.63, 3.8) is 0 Å². The van der Waals surface area contributed by atoms with E-state index in [9.17, 15) is 4.79 Å². The number of nitrogens with one attached hydrogen (secondary N) is 2. The summed E-state index contributed by atoms with van der Waals surface area (Å²) in [5, 5.41) is 8.47. The van der Waals surface area contributed by atoms with E-state index in [4.69, 9.17) is 5.21 Å². The van der Waals surface area contributed by atoms with Gasteiger partial charge in [0, 0.05) is 12.5 Å². The van der Waals surface area contributed by atoms with Crippen molar-refractivity contribution in [2.45, 2.75) is 26.2 Å². The van der Waals surface area contributed by atoms with Crippen LogP contribution in [0.2, 0.25) is 0 Å². The number of rotatable bonds is 5. The van der Waals surface area contributed by atoms with Gasteiger partial charge in [-0.3, -0.25) is 10.0 Å². The molecule has 0 saturated heterocycles. The summed E-state index contributed by atoms with van der Waals surface area (Å²) in [7, 11) is 0. The summed E-state index contributed by atoms with van der Waals surface area (Å²) >= 11 is 0. The number of imidazole rings is 1. The van der Waals surface area contributed by atoms with Crippen molar-refractivity contribution < 1.29 is 10.0 Å². The Labute approximate surface area is 146 Å². The SMILES string of the molecule is CC(C)c1ccc2nc(Cc3ccc(C=CC(=O)NO)cc3)[nH]c2c1. The van der Waals surface area contributed by atoms with Crippen LogP contribution in [0.5, 0.6) is 0 Å². The molecule has 3 rings (SSSR count). The zero-order valence-corrected chi connectivity index (χ0v) is 14.3. The van der Waals surface area contributed by atoms with E-state index in [1.165, 1.54) is 11.6 Å². The summed E-state index contributed by atoms with van der Waals surface area (Å²) in [5.41, 5.74) is 6.93. The average Bonchev–Trinajstić information content (AvgIpc) is 3.02. The second-order valence-electron chi connectivity index (χ2n) is 6.34. The first kappa shape index (κ1) is 16.9. The standard InChI is InChI=1S/C20H21N3O2/c1-13(2)16-8-9-17-18(12-16)22-19(21-17)11-15-5-3-14(4-6-15)7-10-20(24)23-25/h3-10,12-13,25H,11H2,1-2H3,(H,21,22)(H,23,24). The number of H-pyrrole nitrogens is 1.